The molecule has 2 aromatic heterocycles. The van der Waals surface area contributed by atoms with Gasteiger partial charge in [-0.2, -0.15) is 5.10 Å². The van der Waals surface area contributed by atoms with Gasteiger partial charge in [-0.25, -0.2) is 19.4 Å². The summed E-state index contributed by atoms with van der Waals surface area (Å²) in [4.78, 5) is 34.8. The van der Waals surface area contributed by atoms with Crippen molar-refractivity contribution < 1.29 is 9.59 Å². The highest BCUT2D eigenvalue weighted by Gasteiger charge is 2.18. The van der Waals surface area contributed by atoms with Crippen molar-refractivity contribution in [1.82, 2.24) is 25.1 Å². The second kappa shape index (κ2) is 9.24. The zero-order valence-corrected chi connectivity index (χ0v) is 17.0. The van der Waals surface area contributed by atoms with Crippen LogP contribution in [0, 0.1) is 0 Å². The summed E-state index contributed by atoms with van der Waals surface area (Å²) in [6.45, 7) is 2.05. The number of carbonyl (C=O) groups is 2. The predicted octanol–water partition coefficient (Wildman–Crippen LogP) is 2.07. The molecule has 1 fully saturated rings. The van der Waals surface area contributed by atoms with Crippen LogP contribution in [-0.2, 0) is 6.54 Å². The van der Waals surface area contributed by atoms with Crippen molar-refractivity contribution in [1.29, 1.82) is 0 Å². The fourth-order valence-electron chi connectivity index (χ4n) is 3.63. The Bertz CT molecular complexity index is 1060. The number of rotatable bonds is 6. The number of nitrogens with two attached hydrogens (primary N) is 1. The van der Waals surface area contributed by atoms with E-state index in [-0.39, 0.29) is 6.54 Å². The van der Waals surface area contributed by atoms with E-state index in [1.54, 1.807) is 35.4 Å². The van der Waals surface area contributed by atoms with Crippen LogP contribution in [0.15, 0.2) is 49.2 Å². The van der Waals surface area contributed by atoms with Crippen LogP contribution in [0.4, 0.5) is 16.2 Å². The molecule has 3 heterocycles. The summed E-state index contributed by atoms with van der Waals surface area (Å²) in [5, 5.41) is 9.81. The van der Waals surface area contributed by atoms with Crippen LogP contribution in [0.3, 0.4) is 0 Å². The van der Waals surface area contributed by atoms with E-state index in [0.29, 0.717) is 17.1 Å². The van der Waals surface area contributed by atoms with Gasteiger partial charge in [0, 0.05) is 37.0 Å². The van der Waals surface area contributed by atoms with Crippen LogP contribution in [0.25, 0.3) is 5.82 Å². The van der Waals surface area contributed by atoms with Crippen LogP contribution in [-0.4, -0.2) is 44.8 Å². The van der Waals surface area contributed by atoms with Crippen molar-refractivity contribution in [2.24, 2.45) is 5.73 Å². The molecule has 0 atom stereocenters. The number of pyridine rings is 1. The first-order valence-corrected chi connectivity index (χ1v) is 10.1. The fourth-order valence-corrected chi connectivity index (χ4v) is 3.63. The summed E-state index contributed by atoms with van der Waals surface area (Å²) in [6, 6.07) is 8.40. The van der Waals surface area contributed by atoms with Crippen LogP contribution in [0.1, 0.15) is 35.2 Å². The van der Waals surface area contributed by atoms with Crippen LogP contribution >= 0.6 is 0 Å². The Kier molecular flexibility index (Phi) is 6.06. The third-order valence-corrected chi connectivity index (χ3v) is 5.17. The number of hydrogen-bond donors (Lipinski definition) is 3. The molecule has 0 saturated carbocycles. The molecule has 160 valence electrons. The minimum atomic E-state index is -0.540. The van der Waals surface area contributed by atoms with Gasteiger partial charge in [-0.1, -0.05) is 6.07 Å². The maximum atomic E-state index is 12.7. The molecule has 0 bridgehead atoms. The molecular weight excluding hydrogens is 396 g/mol. The Morgan fingerprint density at radius 2 is 1.97 bits per heavy atom. The average molecular weight is 420 g/mol. The van der Waals surface area contributed by atoms with Crippen molar-refractivity contribution >= 4 is 23.3 Å². The van der Waals surface area contributed by atoms with Crippen molar-refractivity contribution in [2.75, 3.05) is 23.3 Å². The van der Waals surface area contributed by atoms with E-state index < -0.39 is 11.9 Å². The Hall–Kier alpha value is -3.95. The number of piperidine rings is 1. The second-order valence-electron chi connectivity index (χ2n) is 7.28. The van der Waals surface area contributed by atoms with Crippen LogP contribution in [0.5, 0.6) is 0 Å². The molecule has 4 N–H and O–H groups in total. The van der Waals surface area contributed by atoms with Crippen molar-refractivity contribution in [3.05, 3.63) is 60.3 Å². The van der Waals surface area contributed by atoms with E-state index in [4.69, 9.17) is 5.73 Å². The standard InChI is InChI=1S/C21H24N8O2/c22-19(30)15-6-7-18(28-9-2-1-3-10-28)17(11-15)27-21(31)25-12-16-5-4-8-24-20(16)29-14-23-13-26-29/h4-8,11,13-14H,1-3,9-10,12H2,(H2,22,30)(H2,25,27,31). The number of hydrogen-bond acceptors (Lipinski definition) is 6. The molecule has 0 radical (unpaired) electrons. The third kappa shape index (κ3) is 4.80. The van der Waals surface area contributed by atoms with E-state index in [0.717, 1.165) is 37.2 Å². The number of benzene rings is 1. The van der Waals surface area contributed by atoms with E-state index in [9.17, 15) is 9.59 Å². The van der Waals surface area contributed by atoms with E-state index in [1.807, 2.05) is 12.1 Å². The first-order chi connectivity index (χ1) is 15.1. The molecule has 1 aliphatic heterocycles. The lowest BCUT2D eigenvalue weighted by Crippen LogP contribution is -2.33. The van der Waals surface area contributed by atoms with Gasteiger partial charge in [0.25, 0.3) is 0 Å². The van der Waals surface area contributed by atoms with E-state index in [2.05, 4.69) is 30.6 Å². The summed E-state index contributed by atoms with van der Waals surface area (Å²) in [5.74, 6) is 0.0477. The highest BCUT2D eigenvalue weighted by Crippen LogP contribution is 2.29. The first kappa shape index (κ1) is 20.3. The number of anilines is 2. The average Bonchev–Trinajstić information content (AvgIpc) is 3.33. The molecule has 10 heteroatoms. The minimum Gasteiger partial charge on any atom is -0.370 e. The summed E-state index contributed by atoms with van der Waals surface area (Å²) < 4.78 is 1.54. The maximum absolute atomic E-state index is 12.7. The molecule has 0 spiro atoms. The molecule has 1 aromatic carbocycles. The Morgan fingerprint density at radius 3 is 2.71 bits per heavy atom. The van der Waals surface area contributed by atoms with Gasteiger partial charge in [-0.15, -0.1) is 0 Å². The number of urea groups is 1. The lowest BCUT2D eigenvalue weighted by Gasteiger charge is -2.30. The number of aromatic nitrogens is 4. The van der Waals surface area contributed by atoms with Gasteiger partial charge in [0.15, 0.2) is 5.82 Å². The predicted molar refractivity (Wildman–Crippen MR) is 116 cm³/mol. The Morgan fingerprint density at radius 1 is 1.13 bits per heavy atom. The molecule has 4 rings (SSSR count). The lowest BCUT2D eigenvalue weighted by atomic mass is 10.1. The zero-order valence-electron chi connectivity index (χ0n) is 17.0. The van der Waals surface area contributed by atoms with Crippen LogP contribution < -0.4 is 21.3 Å². The number of amides is 3. The summed E-state index contributed by atoms with van der Waals surface area (Å²) >= 11 is 0. The molecule has 1 aliphatic rings. The largest absolute Gasteiger partial charge is 0.370 e. The number of carbonyl (C=O) groups excluding carboxylic acids is 2. The molecule has 10 nitrogen and oxygen atoms in total. The Labute approximate surface area is 179 Å². The van der Waals surface area contributed by atoms with Gasteiger partial charge in [0.1, 0.15) is 12.7 Å². The fraction of sp³-hybridized carbons (Fsp3) is 0.286. The molecule has 0 unspecified atom stereocenters. The van der Waals surface area contributed by atoms with Gasteiger partial charge < -0.3 is 21.3 Å². The van der Waals surface area contributed by atoms with Gasteiger partial charge in [-0.05, 0) is 43.5 Å². The van der Waals surface area contributed by atoms with Gasteiger partial charge in [0.2, 0.25) is 5.91 Å². The summed E-state index contributed by atoms with van der Waals surface area (Å²) in [5.41, 5.74) is 8.00. The minimum absolute atomic E-state index is 0.240. The topological polar surface area (TPSA) is 131 Å². The third-order valence-electron chi connectivity index (χ3n) is 5.17. The number of primary amides is 1. The normalized spacial score (nSPS) is 13.6. The summed E-state index contributed by atoms with van der Waals surface area (Å²) in [6.07, 6.45) is 8.00. The highest BCUT2D eigenvalue weighted by molar-refractivity contribution is 5.98. The number of nitrogens with zero attached hydrogens (tertiary/aromatic N) is 5. The van der Waals surface area contributed by atoms with Gasteiger partial charge in [0.05, 0.1) is 11.4 Å². The SMILES string of the molecule is NC(=O)c1ccc(N2CCCCC2)c(NC(=O)NCc2cccnc2-n2cncn2)c1. The van der Waals surface area contributed by atoms with Crippen molar-refractivity contribution in [3.8, 4) is 5.82 Å². The van der Waals surface area contributed by atoms with E-state index >= 15 is 0 Å². The molecule has 3 amide bonds. The molecule has 1 saturated heterocycles. The monoisotopic (exact) mass is 420 g/mol. The smallest absolute Gasteiger partial charge is 0.319 e. The zero-order chi connectivity index (χ0) is 21.6. The van der Waals surface area contributed by atoms with Gasteiger partial charge in [-0.3, -0.25) is 4.79 Å². The second-order valence-corrected chi connectivity index (χ2v) is 7.28. The maximum Gasteiger partial charge on any atom is 0.319 e. The molecule has 31 heavy (non-hydrogen) atoms. The highest BCUT2D eigenvalue weighted by atomic mass is 16.2. The first-order valence-electron chi connectivity index (χ1n) is 10.1. The summed E-state index contributed by atoms with van der Waals surface area (Å²) in [7, 11) is 0. The molecule has 3 aromatic rings. The number of nitrogens with one attached hydrogen (secondary N) is 2. The Balaban J connectivity index is 1.49. The molecular formula is C21H24N8O2. The van der Waals surface area contributed by atoms with E-state index in [1.165, 1.54) is 12.7 Å². The van der Waals surface area contributed by atoms with Crippen molar-refractivity contribution in [2.45, 2.75) is 25.8 Å². The van der Waals surface area contributed by atoms with Crippen molar-refractivity contribution in [3.63, 3.8) is 0 Å². The molecule has 0 aliphatic carbocycles. The van der Waals surface area contributed by atoms with Gasteiger partial charge >= 0.3 is 6.03 Å². The quantitative estimate of drug-likeness (QED) is 0.559. The lowest BCUT2D eigenvalue weighted by molar-refractivity contribution is 0.100. The van der Waals surface area contributed by atoms with Crippen LogP contribution in [0.2, 0.25) is 0 Å².